The van der Waals surface area contributed by atoms with Crippen LogP contribution in [0, 0.1) is 0 Å². The number of hydrogen-bond acceptors (Lipinski definition) is 2. The Morgan fingerprint density at radius 2 is 1.84 bits per heavy atom. The third-order valence-corrected chi connectivity index (χ3v) is 3.48. The first kappa shape index (κ1) is 16.8. The predicted molar refractivity (Wildman–Crippen MR) is 74.6 cm³/mol. The number of halogens is 5. The van der Waals surface area contributed by atoms with Crippen molar-refractivity contribution in [2.75, 3.05) is 26.2 Å². The molecule has 19 heavy (non-hydrogen) atoms. The Hall–Kier alpha value is -0.300. The molecule has 1 N–H and O–H groups in total. The third-order valence-electron chi connectivity index (χ3n) is 2.99. The molecule has 0 unspecified atom stereocenters. The molecule has 0 saturated carbocycles. The Kier molecular flexibility index (Phi) is 6.11. The minimum absolute atomic E-state index is 0. The van der Waals surface area contributed by atoms with Gasteiger partial charge in [0, 0.05) is 30.7 Å². The van der Waals surface area contributed by atoms with E-state index in [1.165, 1.54) is 11.0 Å². The first-order valence-corrected chi connectivity index (χ1v) is 6.55. The zero-order valence-corrected chi connectivity index (χ0v) is 12.5. The summed E-state index contributed by atoms with van der Waals surface area (Å²) in [6.07, 6.45) is -4.25. The van der Waals surface area contributed by atoms with Gasteiger partial charge < -0.3 is 5.32 Å². The zero-order valence-electron chi connectivity index (χ0n) is 10.1. The van der Waals surface area contributed by atoms with Crippen LogP contribution in [0.15, 0.2) is 28.7 Å². The predicted octanol–water partition coefficient (Wildman–Crippen LogP) is 3.38. The van der Waals surface area contributed by atoms with Crippen LogP contribution in [0.4, 0.5) is 13.2 Å². The molecule has 0 aliphatic carbocycles. The highest BCUT2D eigenvalue weighted by Crippen LogP contribution is 2.38. The summed E-state index contributed by atoms with van der Waals surface area (Å²) in [4.78, 5) is 1.48. The molecule has 0 bridgehead atoms. The van der Waals surface area contributed by atoms with Crippen molar-refractivity contribution < 1.29 is 13.2 Å². The SMILES string of the molecule is Cl.FC(F)(F)[C@@H](c1cccc(Br)c1)N1CCNCC1. The summed E-state index contributed by atoms with van der Waals surface area (Å²) in [6, 6.07) is 4.93. The van der Waals surface area contributed by atoms with Crippen LogP contribution >= 0.6 is 28.3 Å². The smallest absolute Gasteiger partial charge is 0.314 e. The molecule has 1 aliphatic rings. The van der Waals surface area contributed by atoms with Gasteiger partial charge in [-0.2, -0.15) is 13.2 Å². The van der Waals surface area contributed by atoms with Crippen LogP contribution in [0.3, 0.4) is 0 Å². The number of piperazine rings is 1. The fourth-order valence-corrected chi connectivity index (χ4v) is 2.64. The number of nitrogens with zero attached hydrogens (tertiary/aromatic N) is 1. The Morgan fingerprint density at radius 1 is 1.21 bits per heavy atom. The van der Waals surface area contributed by atoms with E-state index in [1.807, 2.05) is 0 Å². The second kappa shape index (κ2) is 6.92. The van der Waals surface area contributed by atoms with Crippen LogP contribution in [0.25, 0.3) is 0 Å². The maximum Gasteiger partial charge on any atom is 0.408 e. The molecule has 1 heterocycles. The van der Waals surface area contributed by atoms with E-state index in [9.17, 15) is 13.2 Å². The molecule has 1 aromatic carbocycles. The van der Waals surface area contributed by atoms with Crippen LogP contribution in [-0.4, -0.2) is 37.3 Å². The summed E-state index contributed by atoms with van der Waals surface area (Å²) >= 11 is 3.22. The lowest BCUT2D eigenvalue weighted by Gasteiger charge is -2.36. The first-order chi connectivity index (χ1) is 8.48. The molecule has 1 aromatic rings. The molecular weight excluding hydrogens is 344 g/mol. The van der Waals surface area contributed by atoms with Gasteiger partial charge >= 0.3 is 6.18 Å². The molecule has 0 amide bonds. The lowest BCUT2D eigenvalue weighted by molar-refractivity contribution is -0.187. The van der Waals surface area contributed by atoms with Gasteiger partial charge in [-0.1, -0.05) is 28.1 Å². The fourth-order valence-electron chi connectivity index (χ4n) is 2.22. The van der Waals surface area contributed by atoms with Crippen molar-refractivity contribution in [1.82, 2.24) is 10.2 Å². The Labute approximate surface area is 124 Å². The van der Waals surface area contributed by atoms with Crippen LogP contribution < -0.4 is 5.32 Å². The van der Waals surface area contributed by atoms with Gasteiger partial charge in [-0.15, -0.1) is 12.4 Å². The van der Waals surface area contributed by atoms with Crippen LogP contribution in [0.1, 0.15) is 11.6 Å². The van der Waals surface area contributed by atoms with Crippen molar-refractivity contribution in [3.05, 3.63) is 34.3 Å². The van der Waals surface area contributed by atoms with Crippen LogP contribution in [0.5, 0.6) is 0 Å². The molecule has 1 saturated heterocycles. The van der Waals surface area contributed by atoms with Gasteiger partial charge in [0.2, 0.25) is 0 Å². The minimum atomic E-state index is -4.25. The molecule has 1 atom stereocenters. The highest BCUT2D eigenvalue weighted by atomic mass is 79.9. The number of benzene rings is 1. The standard InChI is InChI=1S/C12H14BrF3N2.ClH/c13-10-3-1-2-9(8-10)11(12(14,15)16)18-6-4-17-5-7-18;/h1-3,8,11,17H,4-7H2;1H/t11-;/m1./s1. The lowest BCUT2D eigenvalue weighted by atomic mass is 10.0. The van der Waals surface area contributed by atoms with E-state index in [0.717, 1.165) is 0 Å². The van der Waals surface area contributed by atoms with E-state index in [-0.39, 0.29) is 12.4 Å². The van der Waals surface area contributed by atoms with Crippen LogP contribution in [-0.2, 0) is 0 Å². The molecule has 2 rings (SSSR count). The summed E-state index contributed by atoms with van der Waals surface area (Å²) in [5, 5.41) is 3.07. The summed E-state index contributed by atoms with van der Waals surface area (Å²) in [5.74, 6) is 0. The number of alkyl halides is 3. The van der Waals surface area contributed by atoms with Crippen molar-refractivity contribution in [3.8, 4) is 0 Å². The largest absolute Gasteiger partial charge is 0.408 e. The van der Waals surface area contributed by atoms with Gasteiger partial charge in [-0.05, 0) is 17.7 Å². The summed E-state index contributed by atoms with van der Waals surface area (Å²) in [5.41, 5.74) is 0.291. The monoisotopic (exact) mass is 358 g/mol. The number of nitrogens with one attached hydrogen (secondary N) is 1. The summed E-state index contributed by atoms with van der Waals surface area (Å²) in [6.45, 7) is 2.02. The summed E-state index contributed by atoms with van der Waals surface area (Å²) in [7, 11) is 0. The van der Waals surface area contributed by atoms with E-state index in [2.05, 4.69) is 21.2 Å². The molecule has 108 valence electrons. The van der Waals surface area contributed by atoms with E-state index in [0.29, 0.717) is 36.2 Å². The van der Waals surface area contributed by atoms with Gasteiger partial charge in [-0.25, -0.2) is 0 Å². The van der Waals surface area contributed by atoms with E-state index in [1.54, 1.807) is 18.2 Å². The van der Waals surface area contributed by atoms with E-state index in [4.69, 9.17) is 0 Å². The molecule has 7 heteroatoms. The maximum absolute atomic E-state index is 13.2. The molecule has 1 fully saturated rings. The third kappa shape index (κ3) is 4.34. The lowest BCUT2D eigenvalue weighted by Crippen LogP contribution is -2.49. The maximum atomic E-state index is 13.2. The van der Waals surface area contributed by atoms with Gasteiger partial charge in [0.05, 0.1) is 0 Å². The number of hydrogen-bond donors (Lipinski definition) is 1. The Balaban J connectivity index is 0.00000180. The molecule has 2 nitrogen and oxygen atoms in total. The fraction of sp³-hybridized carbons (Fsp3) is 0.500. The van der Waals surface area contributed by atoms with Crippen molar-refractivity contribution >= 4 is 28.3 Å². The molecular formula is C12H15BrClF3N2. The van der Waals surface area contributed by atoms with E-state index >= 15 is 0 Å². The Morgan fingerprint density at radius 3 is 2.37 bits per heavy atom. The number of rotatable bonds is 2. The van der Waals surface area contributed by atoms with Crippen molar-refractivity contribution in [3.63, 3.8) is 0 Å². The average Bonchev–Trinajstić information content (AvgIpc) is 2.28. The average molecular weight is 360 g/mol. The molecule has 1 aliphatic heterocycles. The van der Waals surface area contributed by atoms with Crippen molar-refractivity contribution in [2.24, 2.45) is 0 Å². The summed E-state index contributed by atoms with van der Waals surface area (Å²) < 4.78 is 40.4. The quantitative estimate of drug-likeness (QED) is 0.871. The van der Waals surface area contributed by atoms with Crippen molar-refractivity contribution in [1.29, 1.82) is 0 Å². The zero-order chi connectivity index (χ0) is 13.2. The van der Waals surface area contributed by atoms with Crippen molar-refractivity contribution in [2.45, 2.75) is 12.2 Å². The molecule has 0 radical (unpaired) electrons. The normalized spacial score (nSPS) is 18.7. The van der Waals surface area contributed by atoms with E-state index < -0.39 is 12.2 Å². The van der Waals surface area contributed by atoms with Gasteiger partial charge in [0.15, 0.2) is 0 Å². The molecule has 0 spiro atoms. The highest BCUT2D eigenvalue weighted by Gasteiger charge is 2.44. The first-order valence-electron chi connectivity index (χ1n) is 5.75. The minimum Gasteiger partial charge on any atom is -0.314 e. The Bertz CT molecular complexity index is 408. The van der Waals surface area contributed by atoms with Gasteiger partial charge in [0.25, 0.3) is 0 Å². The topological polar surface area (TPSA) is 15.3 Å². The highest BCUT2D eigenvalue weighted by molar-refractivity contribution is 9.10. The van der Waals surface area contributed by atoms with Gasteiger partial charge in [0.1, 0.15) is 6.04 Å². The second-order valence-electron chi connectivity index (χ2n) is 4.29. The molecule has 0 aromatic heterocycles. The van der Waals surface area contributed by atoms with Crippen LogP contribution in [0.2, 0.25) is 0 Å². The van der Waals surface area contributed by atoms with Gasteiger partial charge in [-0.3, -0.25) is 4.90 Å². The second-order valence-corrected chi connectivity index (χ2v) is 5.20.